The molecule has 132 valence electrons. The summed E-state index contributed by atoms with van der Waals surface area (Å²) in [6, 6.07) is 6.51. The Morgan fingerprint density at radius 2 is 2.04 bits per heavy atom. The van der Waals surface area contributed by atoms with Crippen LogP contribution >= 0.6 is 0 Å². The Kier molecular flexibility index (Phi) is 5.36. The first-order valence-corrected chi connectivity index (χ1v) is 8.64. The van der Waals surface area contributed by atoms with Gasteiger partial charge in [-0.2, -0.15) is 0 Å². The molecule has 1 aliphatic heterocycles. The van der Waals surface area contributed by atoms with E-state index in [1.807, 2.05) is 4.90 Å². The van der Waals surface area contributed by atoms with Gasteiger partial charge in [0.25, 0.3) is 0 Å². The molecular formula is C18H26FN3O2. The van der Waals surface area contributed by atoms with Gasteiger partial charge in [0.15, 0.2) is 5.96 Å². The van der Waals surface area contributed by atoms with E-state index in [-0.39, 0.29) is 11.2 Å². The lowest BCUT2D eigenvalue weighted by atomic mass is 9.78. The predicted octanol–water partition coefficient (Wildman–Crippen LogP) is 1.55. The number of aliphatic imine (C=N–C) groups is 1. The Labute approximate surface area is 142 Å². The first-order valence-electron chi connectivity index (χ1n) is 8.64. The molecule has 1 aromatic carbocycles. The fraction of sp³-hybridized carbons (Fsp3) is 0.611. The highest BCUT2D eigenvalue weighted by Gasteiger charge is 2.42. The second-order valence-corrected chi connectivity index (χ2v) is 6.85. The summed E-state index contributed by atoms with van der Waals surface area (Å²) in [6.07, 6.45) is 2.97. The van der Waals surface area contributed by atoms with Crippen LogP contribution in [-0.4, -0.2) is 54.9 Å². The Morgan fingerprint density at radius 1 is 1.33 bits per heavy atom. The van der Waals surface area contributed by atoms with Crippen molar-refractivity contribution in [1.29, 1.82) is 0 Å². The lowest BCUT2D eigenvalue weighted by molar-refractivity contribution is 0.0569. The van der Waals surface area contributed by atoms with E-state index in [0.717, 1.165) is 37.9 Å². The van der Waals surface area contributed by atoms with Crippen LogP contribution in [0.1, 0.15) is 24.8 Å². The molecule has 1 aromatic rings. The van der Waals surface area contributed by atoms with Gasteiger partial charge in [-0.15, -0.1) is 0 Å². The highest BCUT2D eigenvalue weighted by Crippen LogP contribution is 2.41. The van der Waals surface area contributed by atoms with Crippen molar-refractivity contribution in [1.82, 2.24) is 4.90 Å². The zero-order chi connectivity index (χ0) is 17.0. The van der Waals surface area contributed by atoms with Crippen LogP contribution in [-0.2, 0) is 11.2 Å². The molecular weight excluding hydrogens is 309 g/mol. The highest BCUT2D eigenvalue weighted by molar-refractivity contribution is 5.78. The molecule has 1 heterocycles. The number of hydrogen-bond donors (Lipinski definition) is 2. The summed E-state index contributed by atoms with van der Waals surface area (Å²) in [4.78, 5) is 6.62. The summed E-state index contributed by atoms with van der Waals surface area (Å²) in [5.41, 5.74) is 6.85. The number of halogens is 1. The van der Waals surface area contributed by atoms with Crippen LogP contribution in [0.25, 0.3) is 0 Å². The monoisotopic (exact) mass is 335 g/mol. The van der Waals surface area contributed by atoms with Gasteiger partial charge in [0.1, 0.15) is 5.82 Å². The summed E-state index contributed by atoms with van der Waals surface area (Å²) in [6.45, 7) is 3.33. The minimum atomic E-state index is -0.399. The van der Waals surface area contributed by atoms with Gasteiger partial charge in [0, 0.05) is 18.5 Å². The standard InChI is InChI=1S/C18H26FN3O2/c19-15-5-3-14(4-6-15)12-18(7-1-2-16(18)23)13-21-17(20)22-8-10-24-11-9-22/h3-6,16,23H,1-2,7-13H2,(H2,20,21). The number of nitrogens with zero attached hydrogens (tertiary/aromatic N) is 2. The predicted molar refractivity (Wildman–Crippen MR) is 91.3 cm³/mol. The average Bonchev–Trinajstić information content (AvgIpc) is 2.96. The fourth-order valence-electron chi connectivity index (χ4n) is 3.71. The molecule has 0 bridgehead atoms. The molecule has 3 N–H and O–H groups in total. The average molecular weight is 335 g/mol. The topological polar surface area (TPSA) is 71.1 Å². The van der Waals surface area contributed by atoms with E-state index in [4.69, 9.17) is 10.5 Å². The molecule has 0 radical (unpaired) electrons. The van der Waals surface area contributed by atoms with Gasteiger partial charge in [-0.25, -0.2) is 4.39 Å². The molecule has 2 atom stereocenters. The van der Waals surface area contributed by atoms with E-state index < -0.39 is 6.10 Å². The van der Waals surface area contributed by atoms with E-state index in [1.54, 1.807) is 12.1 Å². The third kappa shape index (κ3) is 3.87. The lowest BCUT2D eigenvalue weighted by Crippen LogP contribution is -2.45. The number of hydrogen-bond acceptors (Lipinski definition) is 3. The van der Waals surface area contributed by atoms with Crippen LogP contribution in [0, 0.1) is 11.2 Å². The molecule has 2 aliphatic rings. The van der Waals surface area contributed by atoms with Gasteiger partial charge in [-0.1, -0.05) is 18.6 Å². The van der Waals surface area contributed by atoms with E-state index >= 15 is 0 Å². The zero-order valence-electron chi connectivity index (χ0n) is 14.0. The van der Waals surface area contributed by atoms with E-state index in [1.165, 1.54) is 12.1 Å². The zero-order valence-corrected chi connectivity index (χ0v) is 14.0. The summed E-state index contributed by atoms with van der Waals surface area (Å²) < 4.78 is 18.5. The van der Waals surface area contributed by atoms with Crippen LogP contribution in [0.4, 0.5) is 4.39 Å². The minimum Gasteiger partial charge on any atom is -0.392 e. The van der Waals surface area contributed by atoms with Gasteiger partial charge in [-0.05, 0) is 37.0 Å². The van der Waals surface area contributed by atoms with Crippen molar-refractivity contribution in [3.05, 3.63) is 35.6 Å². The van der Waals surface area contributed by atoms with Crippen molar-refractivity contribution >= 4 is 5.96 Å². The van der Waals surface area contributed by atoms with Gasteiger partial charge < -0.3 is 20.5 Å². The Balaban J connectivity index is 1.72. The van der Waals surface area contributed by atoms with Crippen molar-refractivity contribution in [3.8, 4) is 0 Å². The van der Waals surface area contributed by atoms with Crippen LogP contribution < -0.4 is 5.73 Å². The molecule has 3 rings (SSSR count). The summed E-state index contributed by atoms with van der Waals surface area (Å²) in [5, 5.41) is 10.6. The van der Waals surface area contributed by atoms with E-state index in [0.29, 0.717) is 32.1 Å². The van der Waals surface area contributed by atoms with Crippen molar-refractivity contribution in [2.24, 2.45) is 16.1 Å². The number of aliphatic hydroxyl groups is 1. The number of aliphatic hydroxyl groups excluding tert-OH is 1. The molecule has 0 amide bonds. The number of morpholine rings is 1. The van der Waals surface area contributed by atoms with Crippen molar-refractivity contribution in [2.45, 2.75) is 31.8 Å². The largest absolute Gasteiger partial charge is 0.392 e. The molecule has 2 fully saturated rings. The molecule has 24 heavy (non-hydrogen) atoms. The maximum Gasteiger partial charge on any atom is 0.191 e. The lowest BCUT2D eigenvalue weighted by Gasteiger charge is -2.33. The third-order valence-corrected chi connectivity index (χ3v) is 5.22. The number of rotatable bonds is 4. The number of ether oxygens (including phenoxy) is 1. The van der Waals surface area contributed by atoms with Crippen LogP contribution in [0.2, 0.25) is 0 Å². The molecule has 2 unspecified atom stereocenters. The van der Waals surface area contributed by atoms with Gasteiger partial charge >= 0.3 is 0 Å². The molecule has 0 aromatic heterocycles. The highest BCUT2D eigenvalue weighted by atomic mass is 19.1. The maximum absolute atomic E-state index is 13.1. The summed E-state index contributed by atoms with van der Waals surface area (Å²) in [5.74, 6) is 0.283. The fourth-order valence-corrected chi connectivity index (χ4v) is 3.71. The summed E-state index contributed by atoms with van der Waals surface area (Å²) >= 11 is 0. The smallest absolute Gasteiger partial charge is 0.191 e. The van der Waals surface area contributed by atoms with Gasteiger partial charge in [0.2, 0.25) is 0 Å². The van der Waals surface area contributed by atoms with Gasteiger partial charge in [-0.3, -0.25) is 4.99 Å². The third-order valence-electron chi connectivity index (χ3n) is 5.22. The number of nitrogens with two attached hydrogens (primary N) is 1. The van der Waals surface area contributed by atoms with Crippen LogP contribution in [0.15, 0.2) is 29.3 Å². The number of guanidine groups is 1. The molecule has 5 nitrogen and oxygen atoms in total. The van der Waals surface area contributed by atoms with Gasteiger partial charge in [0.05, 0.1) is 25.9 Å². The van der Waals surface area contributed by atoms with Crippen molar-refractivity contribution in [2.75, 3.05) is 32.8 Å². The van der Waals surface area contributed by atoms with Crippen molar-refractivity contribution < 1.29 is 14.2 Å². The first kappa shape index (κ1) is 17.2. The second-order valence-electron chi connectivity index (χ2n) is 6.85. The van der Waals surface area contributed by atoms with Crippen molar-refractivity contribution in [3.63, 3.8) is 0 Å². The Bertz CT molecular complexity index is 572. The van der Waals surface area contributed by atoms with Crippen LogP contribution in [0.3, 0.4) is 0 Å². The minimum absolute atomic E-state index is 0.241. The van der Waals surface area contributed by atoms with Crippen LogP contribution in [0.5, 0.6) is 0 Å². The molecule has 6 heteroatoms. The second kappa shape index (κ2) is 7.49. The van der Waals surface area contributed by atoms with E-state index in [2.05, 4.69) is 4.99 Å². The number of benzene rings is 1. The normalized spacial score (nSPS) is 28.3. The maximum atomic E-state index is 13.1. The first-order chi connectivity index (χ1) is 11.6. The Morgan fingerprint density at radius 3 is 2.67 bits per heavy atom. The molecule has 1 aliphatic carbocycles. The van der Waals surface area contributed by atoms with E-state index in [9.17, 15) is 9.50 Å². The molecule has 1 saturated heterocycles. The Hall–Kier alpha value is -1.66. The molecule has 0 spiro atoms. The molecule has 1 saturated carbocycles. The summed E-state index contributed by atoms with van der Waals surface area (Å²) in [7, 11) is 0. The SMILES string of the molecule is NC(=NCC1(Cc2ccc(F)cc2)CCCC1O)N1CCOCC1. The quantitative estimate of drug-likeness (QED) is 0.647.